The van der Waals surface area contributed by atoms with Gasteiger partial charge in [-0.05, 0) is 19.1 Å². The summed E-state index contributed by atoms with van der Waals surface area (Å²) in [6.07, 6.45) is -0.212. The van der Waals surface area contributed by atoms with Crippen molar-refractivity contribution in [3.05, 3.63) is 41.8 Å². The van der Waals surface area contributed by atoms with Crippen LogP contribution in [0.5, 0.6) is 11.5 Å². The first-order valence-electron chi connectivity index (χ1n) is 7.41. The third kappa shape index (κ3) is 3.74. The number of urea groups is 1. The monoisotopic (exact) mass is 317 g/mol. The number of rotatable bonds is 4. The molecule has 1 aromatic heterocycles. The molecule has 7 heteroatoms. The molecule has 122 valence electrons. The van der Waals surface area contributed by atoms with Crippen molar-refractivity contribution >= 4 is 6.03 Å². The number of aromatic nitrogens is 1. The standard InChI is InChI=1S/C16H19N3O4/c1-11-7-12(18-23-11)9-19(2)16(20)17-8-13-10-21-14-5-3-4-6-15(14)22-13/h3-7,13H,8-10H2,1-2H3,(H,17,20)/t13-/m1/s1. The lowest BCUT2D eigenvalue weighted by Gasteiger charge is -2.27. The van der Waals surface area contributed by atoms with E-state index in [2.05, 4.69) is 10.5 Å². The van der Waals surface area contributed by atoms with Crippen LogP contribution in [-0.4, -0.2) is 42.4 Å². The Morgan fingerprint density at radius 1 is 1.39 bits per heavy atom. The van der Waals surface area contributed by atoms with Crippen molar-refractivity contribution in [2.24, 2.45) is 0 Å². The van der Waals surface area contributed by atoms with Crippen molar-refractivity contribution in [3.63, 3.8) is 0 Å². The highest BCUT2D eigenvalue weighted by atomic mass is 16.6. The Kier molecular flexibility index (Phi) is 4.36. The first kappa shape index (κ1) is 15.2. The lowest BCUT2D eigenvalue weighted by atomic mass is 10.2. The van der Waals surface area contributed by atoms with Crippen molar-refractivity contribution in [1.82, 2.24) is 15.4 Å². The van der Waals surface area contributed by atoms with Gasteiger partial charge in [0.05, 0.1) is 13.1 Å². The molecule has 0 radical (unpaired) electrons. The summed E-state index contributed by atoms with van der Waals surface area (Å²) in [6.45, 7) is 2.97. The van der Waals surface area contributed by atoms with Gasteiger partial charge in [0, 0.05) is 13.1 Å². The van der Waals surface area contributed by atoms with Crippen LogP contribution in [0.25, 0.3) is 0 Å². The molecule has 2 amide bonds. The van der Waals surface area contributed by atoms with Gasteiger partial charge < -0.3 is 24.2 Å². The van der Waals surface area contributed by atoms with E-state index in [0.29, 0.717) is 31.1 Å². The second-order valence-corrected chi connectivity index (χ2v) is 5.47. The molecule has 1 aromatic carbocycles. The molecule has 0 saturated heterocycles. The first-order valence-corrected chi connectivity index (χ1v) is 7.41. The summed E-state index contributed by atoms with van der Waals surface area (Å²) in [4.78, 5) is 13.6. The van der Waals surface area contributed by atoms with E-state index in [1.54, 1.807) is 13.1 Å². The fourth-order valence-corrected chi connectivity index (χ4v) is 2.31. The molecule has 2 heterocycles. The van der Waals surface area contributed by atoms with Crippen molar-refractivity contribution in [3.8, 4) is 11.5 Å². The number of aryl methyl sites for hydroxylation is 1. The van der Waals surface area contributed by atoms with Crippen molar-refractivity contribution in [2.75, 3.05) is 20.2 Å². The number of benzene rings is 1. The maximum absolute atomic E-state index is 12.1. The zero-order chi connectivity index (χ0) is 16.2. The number of ether oxygens (including phenoxy) is 2. The van der Waals surface area contributed by atoms with E-state index in [4.69, 9.17) is 14.0 Å². The summed E-state index contributed by atoms with van der Waals surface area (Å²) in [5.41, 5.74) is 0.714. The van der Waals surface area contributed by atoms with Gasteiger partial charge in [-0.15, -0.1) is 0 Å². The first-order chi connectivity index (χ1) is 11.1. The molecule has 3 rings (SSSR count). The lowest BCUT2D eigenvalue weighted by molar-refractivity contribution is 0.0904. The van der Waals surface area contributed by atoms with Crippen LogP contribution in [0.2, 0.25) is 0 Å². The Balaban J connectivity index is 1.47. The molecule has 2 aromatic rings. The summed E-state index contributed by atoms with van der Waals surface area (Å²) >= 11 is 0. The number of amides is 2. The number of para-hydroxylation sites is 2. The van der Waals surface area contributed by atoms with Crippen molar-refractivity contribution < 1.29 is 18.8 Å². The van der Waals surface area contributed by atoms with Gasteiger partial charge >= 0.3 is 6.03 Å². The van der Waals surface area contributed by atoms with Gasteiger partial charge in [-0.25, -0.2) is 4.79 Å². The van der Waals surface area contributed by atoms with Gasteiger partial charge in [0.2, 0.25) is 0 Å². The molecule has 1 atom stereocenters. The fourth-order valence-electron chi connectivity index (χ4n) is 2.31. The molecule has 23 heavy (non-hydrogen) atoms. The molecule has 0 aliphatic carbocycles. The van der Waals surface area contributed by atoms with E-state index in [1.165, 1.54) is 4.90 Å². The molecule has 1 N–H and O–H groups in total. The highest BCUT2D eigenvalue weighted by Crippen LogP contribution is 2.30. The van der Waals surface area contributed by atoms with Gasteiger partial charge in [-0.1, -0.05) is 17.3 Å². The molecule has 1 aliphatic heterocycles. The van der Waals surface area contributed by atoms with E-state index < -0.39 is 0 Å². The predicted octanol–water partition coefficient (Wildman–Crippen LogP) is 1.96. The third-order valence-electron chi connectivity index (χ3n) is 3.47. The highest BCUT2D eigenvalue weighted by molar-refractivity contribution is 5.73. The number of carbonyl (C=O) groups is 1. The highest BCUT2D eigenvalue weighted by Gasteiger charge is 2.21. The molecule has 0 spiro atoms. The van der Waals surface area contributed by atoms with E-state index >= 15 is 0 Å². The third-order valence-corrected chi connectivity index (χ3v) is 3.47. The zero-order valence-corrected chi connectivity index (χ0v) is 13.1. The molecular formula is C16H19N3O4. The van der Waals surface area contributed by atoms with E-state index in [0.717, 1.165) is 11.5 Å². The molecule has 1 aliphatic rings. The SMILES string of the molecule is Cc1cc(CN(C)C(=O)NC[C@@H]2COc3ccccc3O2)no1. The molecule has 7 nitrogen and oxygen atoms in total. The van der Waals surface area contributed by atoms with Crippen LogP contribution in [0, 0.1) is 6.92 Å². The normalized spacial score (nSPS) is 16.0. The van der Waals surface area contributed by atoms with Crippen LogP contribution in [0.15, 0.2) is 34.9 Å². The predicted molar refractivity (Wildman–Crippen MR) is 82.5 cm³/mol. The van der Waals surface area contributed by atoms with Crippen LogP contribution in [0.1, 0.15) is 11.5 Å². The van der Waals surface area contributed by atoms with E-state index in [-0.39, 0.29) is 12.1 Å². The van der Waals surface area contributed by atoms with Gasteiger partial charge in [-0.3, -0.25) is 0 Å². The molecule has 0 unspecified atom stereocenters. The minimum atomic E-state index is -0.212. The van der Waals surface area contributed by atoms with E-state index in [9.17, 15) is 4.79 Å². The molecule has 0 bridgehead atoms. The number of nitrogens with zero attached hydrogens (tertiary/aromatic N) is 2. The maximum atomic E-state index is 12.1. The van der Waals surface area contributed by atoms with Crippen LogP contribution in [0.3, 0.4) is 0 Å². The van der Waals surface area contributed by atoms with Crippen LogP contribution in [0.4, 0.5) is 4.79 Å². The van der Waals surface area contributed by atoms with Gasteiger partial charge in [0.25, 0.3) is 0 Å². The van der Waals surface area contributed by atoms with Gasteiger partial charge in [0.1, 0.15) is 18.1 Å². The molecule has 0 fully saturated rings. The summed E-state index contributed by atoms with van der Waals surface area (Å²) in [6, 6.07) is 9.09. The second-order valence-electron chi connectivity index (χ2n) is 5.47. The smallest absolute Gasteiger partial charge is 0.317 e. The average molecular weight is 317 g/mol. The Labute approximate surface area is 134 Å². The minimum absolute atomic E-state index is 0.201. The summed E-state index contributed by atoms with van der Waals surface area (Å²) < 4.78 is 16.4. The quantitative estimate of drug-likeness (QED) is 0.933. The van der Waals surface area contributed by atoms with Crippen LogP contribution in [-0.2, 0) is 6.54 Å². The fraction of sp³-hybridized carbons (Fsp3) is 0.375. The maximum Gasteiger partial charge on any atom is 0.317 e. The van der Waals surface area contributed by atoms with Crippen LogP contribution < -0.4 is 14.8 Å². The zero-order valence-electron chi connectivity index (χ0n) is 13.1. The molecule has 0 saturated carbocycles. The topological polar surface area (TPSA) is 76.8 Å². The Hall–Kier alpha value is -2.70. The number of hydrogen-bond donors (Lipinski definition) is 1. The Morgan fingerprint density at radius 3 is 2.91 bits per heavy atom. The van der Waals surface area contributed by atoms with E-state index in [1.807, 2.05) is 31.2 Å². The summed E-state index contributed by atoms with van der Waals surface area (Å²) in [5.74, 6) is 2.15. The van der Waals surface area contributed by atoms with Crippen LogP contribution >= 0.6 is 0 Å². The number of carbonyl (C=O) groups excluding carboxylic acids is 1. The largest absolute Gasteiger partial charge is 0.486 e. The molecular weight excluding hydrogens is 298 g/mol. The van der Waals surface area contributed by atoms with Gasteiger partial charge in [-0.2, -0.15) is 0 Å². The minimum Gasteiger partial charge on any atom is -0.486 e. The number of fused-ring (bicyclic) bond motifs is 1. The number of nitrogens with one attached hydrogen (secondary N) is 1. The lowest BCUT2D eigenvalue weighted by Crippen LogP contribution is -2.44. The summed E-state index contributed by atoms with van der Waals surface area (Å²) in [5, 5.41) is 6.71. The van der Waals surface area contributed by atoms with Crippen molar-refractivity contribution in [2.45, 2.75) is 19.6 Å². The number of hydrogen-bond acceptors (Lipinski definition) is 5. The summed E-state index contributed by atoms with van der Waals surface area (Å²) in [7, 11) is 1.70. The average Bonchev–Trinajstić information content (AvgIpc) is 2.97. The van der Waals surface area contributed by atoms with Crippen molar-refractivity contribution in [1.29, 1.82) is 0 Å². The Bertz CT molecular complexity index is 685. The second kappa shape index (κ2) is 6.60. The van der Waals surface area contributed by atoms with Gasteiger partial charge in [0.15, 0.2) is 17.6 Å². The Morgan fingerprint density at radius 2 is 2.17 bits per heavy atom.